The van der Waals surface area contributed by atoms with Crippen LogP contribution in [0.15, 0.2) is 23.2 Å². The number of nitrogens with zero attached hydrogens (tertiary/aromatic N) is 3. The second kappa shape index (κ2) is 5.56. The lowest BCUT2D eigenvalue weighted by Gasteiger charge is -2.29. The van der Waals surface area contributed by atoms with Crippen LogP contribution < -0.4 is 5.73 Å². The van der Waals surface area contributed by atoms with Crippen LogP contribution in [0.2, 0.25) is 0 Å². The number of piperidine rings is 1. The van der Waals surface area contributed by atoms with Crippen molar-refractivity contribution in [1.82, 2.24) is 9.29 Å². The van der Waals surface area contributed by atoms with Gasteiger partial charge in [0.1, 0.15) is 11.0 Å². The molecule has 1 saturated heterocycles. The first-order valence-corrected chi connectivity index (χ1v) is 7.55. The second-order valence-corrected chi connectivity index (χ2v) is 6.45. The lowest BCUT2D eigenvalue weighted by atomic mass is 9.98. The number of aromatic nitrogens is 1. The number of hydrogen-bond donors (Lipinski definition) is 1. The lowest BCUT2D eigenvalue weighted by Crippen LogP contribution is -2.41. The minimum atomic E-state index is -3.76. The van der Waals surface area contributed by atoms with E-state index in [4.69, 9.17) is 11.0 Å². The molecule has 2 heterocycles. The number of hydrogen-bond acceptors (Lipinski definition) is 5. The maximum atomic E-state index is 12.5. The van der Waals surface area contributed by atoms with E-state index in [0.29, 0.717) is 12.8 Å². The molecule has 1 aliphatic rings. The van der Waals surface area contributed by atoms with Gasteiger partial charge in [-0.25, -0.2) is 13.4 Å². The maximum absolute atomic E-state index is 12.5. The summed E-state index contributed by atoms with van der Waals surface area (Å²) in [5, 5.41) is 8.94. The number of rotatable bonds is 3. The molecule has 0 unspecified atom stereocenters. The van der Waals surface area contributed by atoms with E-state index in [9.17, 15) is 13.2 Å². The van der Waals surface area contributed by atoms with E-state index in [1.54, 1.807) is 6.07 Å². The van der Waals surface area contributed by atoms with Crippen LogP contribution in [-0.4, -0.2) is 36.7 Å². The molecule has 0 radical (unpaired) electrons. The number of carbonyl (C=O) groups excluding carboxylic acids is 1. The standard InChI is InChI=1S/C12H14N4O3S/c13-8-10-11(2-1-5-15-10)20(18,19)16-6-3-9(4-7-16)12(14)17/h1-2,5,9H,3-4,6-7H2,(H2,14,17). The summed E-state index contributed by atoms with van der Waals surface area (Å²) < 4.78 is 26.2. The third-order valence-electron chi connectivity index (χ3n) is 3.35. The first-order valence-electron chi connectivity index (χ1n) is 6.11. The molecule has 2 rings (SSSR count). The number of carbonyl (C=O) groups is 1. The van der Waals surface area contributed by atoms with Crippen LogP contribution in [0.4, 0.5) is 0 Å². The average molecular weight is 294 g/mol. The first-order chi connectivity index (χ1) is 9.46. The fourth-order valence-electron chi connectivity index (χ4n) is 2.20. The van der Waals surface area contributed by atoms with Crippen molar-refractivity contribution in [1.29, 1.82) is 5.26 Å². The Morgan fingerprint density at radius 1 is 1.45 bits per heavy atom. The van der Waals surface area contributed by atoms with Gasteiger partial charge < -0.3 is 5.73 Å². The number of sulfonamides is 1. The Hall–Kier alpha value is -1.98. The van der Waals surface area contributed by atoms with Crippen molar-refractivity contribution in [3.05, 3.63) is 24.0 Å². The van der Waals surface area contributed by atoms with E-state index in [0.717, 1.165) is 0 Å². The summed E-state index contributed by atoms with van der Waals surface area (Å²) in [6.45, 7) is 0.436. The van der Waals surface area contributed by atoms with Crippen LogP contribution in [0.5, 0.6) is 0 Å². The third kappa shape index (κ3) is 2.64. The van der Waals surface area contributed by atoms with E-state index in [2.05, 4.69) is 4.98 Å². The van der Waals surface area contributed by atoms with Gasteiger partial charge in [-0.2, -0.15) is 9.57 Å². The monoisotopic (exact) mass is 294 g/mol. The first kappa shape index (κ1) is 14.4. The van der Waals surface area contributed by atoms with Crippen molar-refractivity contribution in [3.63, 3.8) is 0 Å². The van der Waals surface area contributed by atoms with E-state index in [1.165, 1.54) is 22.6 Å². The molecule has 0 saturated carbocycles. The van der Waals surface area contributed by atoms with E-state index in [-0.39, 0.29) is 29.6 Å². The van der Waals surface area contributed by atoms with Gasteiger partial charge >= 0.3 is 0 Å². The van der Waals surface area contributed by atoms with Crippen molar-refractivity contribution in [2.24, 2.45) is 11.7 Å². The predicted molar refractivity (Wildman–Crippen MR) is 69.6 cm³/mol. The third-order valence-corrected chi connectivity index (χ3v) is 5.28. The van der Waals surface area contributed by atoms with Crippen LogP contribution in [0, 0.1) is 17.2 Å². The number of amides is 1. The molecular formula is C12H14N4O3S. The van der Waals surface area contributed by atoms with Gasteiger partial charge in [0, 0.05) is 25.2 Å². The van der Waals surface area contributed by atoms with Crippen molar-refractivity contribution in [2.75, 3.05) is 13.1 Å². The minimum Gasteiger partial charge on any atom is -0.369 e. The molecule has 1 aromatic heterocycles. The lowest BCUT2D eigenvalue weighted by molar-refractivity contribution is -0.122. The van der Waals surface area contributed by atoms with Gasteiger partial charge in [-0.1, -0.05) is 0 Å². The van der Waals surface area contributed by atoms with Gasteiger partial charge in [-0.15, -0.1) is 0 Å². The molecular weight excluding hydrogens is 280 g/mol. The highest BCUT2D eigenvalue weighted by Crippen LogP contribution is 2.24. The molecule has 1 fully saturated rings. The number of nitrogens with two attached hydrogens (primary N) is 1. The van der Waals surface area contributed by atoms with Gasteiger partial charge in [-0.3, -0.25) is 4.79 Å². The Morgan fingerprint density at radius 2 is 2.10 bits per heavy atom. The van der Waals surface area contributed by atoms with Gasteiger partial charge in [-0.05, 0) is 25.0 Å². The summed E-state index contributed by atoms with van der Waals surface area (Å²) in [5.41, 5.74) is 5.10. The normalized spacial score (nSPS) is 17.6. The summed E-state index contributed by atoms with van der Waals surface area (Å²) in [6.07, 6.45) is 2.17. The SMILES string of the molecule is N#Cc1ncccc1S(=O)(=O)N1CCC(C(N)=O)CC1. The molecule has 1 aliphatic heterocycles. The van der Waals surface area contributed by atoms with Crippen LogP contribution in [0.1, 0.15) is 18.5 Å². The average Bonchev–Trinajstić information content (AvgIpc) is 2.47. The summed E-state index contributed by atoms with van der Waals surface area (Å²) in [6, 6.07) is 4.61. The predicted octanol–water partition coefficient (Wildman–Crippen LogP) is -0.161. The highest BCUT2D eigenvalue weighted by Gasteiger charge is 2.32. The van der Waals surface area contributed by atoms with Gasteiger partial charge in [0.25, 0.3) is 0 Å². The maximum Gasteiger partial charge on any atom is 0.245 e. The Kier molecular flexibility index (Phi) is 4.01. The molecule has 2 N–H and O–H groups in total. The van der Waals surface area contributed by atoms with Crippen molar-refractivity contribution in [2.45, 2.75) is 17.7 Å². The van der Waals surface area contributed by atoms with Crippen molar-refractivity contribution < 1.29 is 13.2 Å². The summed E-state index contributed by atoms with van der Waals surface area (Å²) in [5.74, 6) is -0.688. The van der Waals surface area contributed by atoms with Gasteiger partial charge in [0.05, 0.1) is 0 Å². The summed E-state index contributed by atoms with van der Waals surface area (Å²) >= 11 is 0. The molecule has 0 spiro atoms. The number of primary amides is 1. The topological polar surface area (TPSA) is 117 Å². The van der Waals surface area contributed by atoms with Crippen LogP contribution in [0.25, 0.3) is 0 Å². The molecule has 106 valence electrons. The molecule has 8 heteroatoms. The highest BCUT2D eigenvalue weighted by atomic mass is 32.2. The van der Waals surface area contributed by atoms with E-state index < -0.39 is 15.9 Å². The van der Waals surface area contributed by atoms with Gasteiger partial charge in [0.2, 0.25) is 15.9 Å². The zero-order valence-electron chi connectivity index (χ0n) is 10.7. The number of nitriles is 1. The molecule has 0 aliphatic carbocycles. The van der Waals surface area contributed by atoms with Gasteiger partial charge in [0.15, 0.2) is 5.69 Å². The quantitative estimate of drug-likeness (QED) is 0.831. The van der Waals surface area contributed by atoms with E-state index >= 15 is 0 Å². The van der Waals surface area contributed by atoms with E-state index in [1.807, 2.05) is 0 Å². The molecule has 0 atom stereocenters. The zero-order chi connectivity index (χ0) is 14.8. The molecule has 20 heavy (non-hydrogen) atoms. The number of pyridine rings is 1. The second-order valence-electron chi connectivity index (χ2n) is 4.54. The van der Waals surface area contributed by atoms with Crippen molar-refractivity contribution >= 4 is 15.9 Å². The summed E-state index contributed by atoms with van der Waals surface area (Å²) in [7, 11) is -3.76. The largest absolute Gasteiger partial charge is 0.369 e. The molecule has 1 aromatic rings. The van der Waals surface area contributed by atoms with Crippen LogP contribution >= 0.6 is 0 Å². The minimum absolute atomic E-state index is 0.0972. The Balaban J connectivity index is 2.25. The molecule has 0 bridgehead atoms. The van der Waals surface area contributed by atoms with Crippen LogP contribution in [0.3, 0.4) is 0 Å². The summed E-state index contributed by atoms with van der Waals surface area (Å²) in [4.78, 5) is 14.7. The Bertz CT molecular complexity index is 658. The molecule has 0 aromatic carbocycles. The zero-order valence-corrected chi connectivity index (χ0v) is 11.5. The Labute approximate surface area is 117 Å². The molecule has 7 nitrogen and oxygen atoms in total. The Morgan fingerprint density at radius 3 is 2.65 bits per heavy atom. The fourth-order valence-corrected chi connectivity index (χ4v) is 3.77. The van der Waals surface area contributed by atoms with Crippen LogP contribution in [-0.2, 0) is 14.8 Å². The van der Waals surface area contributed by atoms with Crippen molar-refractivity contribution in [3.8, 4) is 6.07 Å². The molecule has 1 amide bonds. The smallest absolute Gasteiger partial charge is 0.245 e. The highest BCUT2D eigenvalue weighted by molar-refractivity contribution is 7.89. The fraction of sp³-hybridized carbons (Fsp3) is 0.417.